The zero-order chi connectivity index (χ0) is 15.2. The predicted octanol–water partition coefficient (Wildman–Crippen LogP) is 2.25. The highest BCUT2D eigenvalue weighted by Crippen LogP contribution is 2.28. The molecule has 2 rings (SSSR count). The second-order valence-corrected chi connectivity index (χ2v) is 5.60. The minimum atomic E-state index is -0.968. The molecule has 0 amide bonds. The monoisotopic (exact) mass is 293 g/mol. The van der Waals surface area contributed by atoms with Gasteiger partial charge >= 0.3 is 5.97 Å². The quantitative estimate of drug-likeness (QED) is 0.708. The standard InChI is InChI=1S/C16H23NO4/c1-17(7-8-21-11-12-3-4-12)10-13-5-6-15(20-2)14(9-13)16(18)19/h5-6,9,12H,3-4,7-8,10-11H2,1-2H3,(H,18,19). The van der Waals surface area contributed by atoms with Crippen molar-refractivity contribution in [2.75, 3.05) is 33.9 Å². The number of carboxylic acids is 1. The number of ether oxygens (including phenoxy) is 2. The molecule has 5 nitrogen and oxygen atoms in total. The molecule has 1 aliphatic carbocycles. The van der Waals surface area contributed by atoms with Crippen LogP contribution >= 0.6 is 0 Å². The van der Waals surface area contributed by atoms with E-state index in [1.807, 2.05) is 13.1 Å². The van der Waals surface area contributed by atoms with Crippen LogP contribution in [0.15, 0.2) is 18.2 Å². The Balaban J connectivity index is 1.82. The van der Waals surface area contributed by atoms with Gasteiger partial charge in [-0.05, 0) is 43.5 Å². The molecule has 5 heteroatoms. The molecule has 0 heterocycles. The largest absolute Gasteiger partial charge is 0.496 e. The highest BCUT2D eigenvalue weighted by atomic mass is 16.5. The number of carbonyl (C=O) groups is 1. The Morgan fingerprint density at radius 3 is 2.81 bits per heavy atom. The topological polar surface area (TPSA) is 59.0 Å². The van der Waals surface area contributed by atoms with Crippen LogP contribution in [-0.2, 0) is 11.3 Å². The Morgan fingerprint density at radius 1 is 1.43 bits per heavy atom. The van der Waals surface area contributed by atoms with Gasteiger partial charge in [-0.25, -0.2) is 4.79 Å². The highest BCUT2D eigenvalue weighted by molar-refractivity contribution is 5.91. The summed E-state index contributed by atoms with van der Waals surface area (Å²) < 4.78 is 10.7. The van der Waals surface area contributed by atoms with Crippen molar-refractivity contribution in [1.82, 2.24) is 4.90 Å². The zero-order valence-electron chi connectivity index (χ0n) is 12.7. The fourth-order valence-electron chi connectivity index (χ4n) is 2.17. The average Bonchev–Trinajstić information content (AvgIpc) is 3.27. The Morgan fingerprint density at radius 2 is 2.19 bits per heavy atom. The predicted molar refractivity (Wildman–Crippen MR) is 79.8 cm³/mol. The number of aromatic carboxylic acids is 1. The fraction of sp³-hybridized carbons (Fsp3) is 0.562. The number of benzene rings is 1. The third kappa shape index (κ3) is 5.02. The summed E-state index contributed by atoms with van der Waals surface area (Å²) in [5.41, 5.74) is 1.16. The van der Waals surface area contributed by atoms with Gasteiger partial charge in [0.05, 0.1) is 13.7 Å². The third-order valence-electron chi connectivity index (χ3n) is 3.61. The van der Waals surface area contributed by atoms with Crippen LogP contribution in [-0.4, -0.2) is 49.9 Å². The van der Waals surface area contributed by atoms with E-state index in [4.69, 9.17) is 9.47 Å². The van der Waals surface area contributed by atoms with Crippen LogP contribution in [0.4, 0.5) is 0 Å². The second-order valence-electron chi connectivity index (χ2n) is 5.60. The van der Waals surface area contributed by atoms with Crippen LogP contribution in [0.5, 0.6) is 5.75 Å². The lowest BCUT2D eigenvalue weighted by atomic mass is 10.1. The van der Waals surface area contributed by atoms with Gasteiger partial charge in [-0.2, -0.15) is 0 Å². The van der Waals surface area contributed by atoms with Crippen molar-refractivity contribution in [2.45, 2.75) is 19.4 Å². The van der Waals surface area contributed by atoms with E-state index in [1.54, 1.807) is 12.1 Å². The molecule has 0 atom stereocenters. The number of hydrogen-bond donors (Lipinski definition) is 1. The number of hydrogen-bond acceptors (Lipinski definition) is 4. The Kier molecular flexibility index (Phi) is 5.59. The number of likely N-dealkylation sites (N-methyl/N-ethyl adjacent to an activating group) is 1. The molecule has 0 aliphatic heterocycles. The van der Waals surface area contributed by atoms with Crippen LogP contribution in [0.1, 0.15) is 28.8 Å². The van der Waals surface area contributed by atoms with Crippen molar-refractivity contribution in [1.29, 1.82) is 0 Å². The molecule has 1 aliphatic rings. The second kappa shape index (κ2) is 7.43. The molecule has 1 saturated carbocycles. The summed E-state index contributed by atoms with van der Waals surface area (Å²) in [5.74, 6) is 0.209. The molecule has 1 aromatic rings. The van der Waals surface area contributed by atoms with Gasteiger partial charge in [0.1, 0.15) is 11.3 Å². The SMILES string of the molecule is COc1ccc(CN(C)CCOCC2CC2)cc1C(=O)O. The van der Waals surface area contributed by atoms with E-state index in [-0.39, 0.29) is 5.56 Å². The molecule has 0 aromatic heterocycles. The van der Waals surface area contributed by atoms with Gasteiger partial charge < -0.3 is 14.6 Å². The lowest BCUT2D eigenvalue weighted by Gasteiger charge is -2.17. The Hall–Kier alpha value is -1.59. The first kappa shape index (κ1) is 15.8. The Labute approximate surface area is 125 Å². The van der Waals surface area contributed by atoms with Crippen LogP contribution in [0.3, 0.4) is 0 Å². The lowest BCUT2D eigenvalue weighted by molar-refractivity contribution is 0.0693. The van der Waals surface area contributed by atoms with Crippen molar-refractivity contribution in [3.8, 4) is 5.75 Å². The molecule has 1 N–H and O–H groups in total. The van der Waals surface area contributed by atoms with Crippen LogP contribution < -0.4 is 4.74 Å². The van der Waals surface area contributed by atoms with E-state index in [9.17, 15) is 9.90 Å². The van der Waals surface area contributed by atoms with Crippen molar-refractivity contribution < 1.29 is 19.4 Å². The van der Waals surface area contributed by atoms with Crippen molar-refractivity contribution in [3.63, 3.8) is 0 Å². The zero-order valence-corrected chi connectivity index (χ0v) is 12.7. The maximum atomic E-state index is 11.2. The molecular weight excluding hydrogens is 270 g/mol. The summed E-state index contributed by atoms with van der Waals surface area (Å²) in [6.45, 7) is 3.12. The summed E-state index contributed by atoms with van der Waals surface area (Å²) in [7, 11) is 3.48. The lowest BCUT2D eigenvalue weighted by Crippen LogP contribution is -2.23. The highest BCUT2D eigenvalue weighted by Gasteiger charge is 2.21. The number of methoxy groups -OCH3 is 1. The van der Waals surface area contributed by atoms with Gasteiger partial charge in [-0.3, -0.25) is 4.90 Å². The summed E-state index contributed by atoms with van der Waals surface area (Å²) in [5, 5.41) is 9.17. The molecule has 0 radical (unpaired) electrons. The van der Waals surface area contributed by atoms with Gasteiger partial charge in [-0.15, -0.1) is 0 Å². The van der Waals surface area contributed by atoms with Gasteiger partial charge in [0, 0.05) is 19.7 Å². The van der Waals surface area contributed by atoms with Crippen molar-refractivity contribution >= 4 is 5.97 Å². The number of nitrogens with zero attached hydrogens (tertiary/aromatic N) is 1. The minimum Gasteiger partial charge on any atom is -0.496 e. The number of carboxylic acid groups (broad SMARTS) is 1. The Bertz CT molecular complexity index is 485. The molecule has 0 unspecified atom stereocenters. The van der Waals surface area contributed by atoms with E-state index in [0.29, 0.717) is 12.3 Å². The molecule has 0 spiro atoms. The van der Waals surface area contributed by atoms with Crippen molar-refractivity contribution in [2.24, 2.45) is 5.92 Å². The van der Waals surface area contributed by atoms with Crippen molar-refractivity contribution in [3.05, 3.63) is 29.3 Å². The maximum Gasteiger partial charge on any atom is 0.339 e. The van der Waals surface area contributed by atoms with E-state index in [2.05, 4.69) is 4.90 Å². The summed E-state index contributed by atoms with van der Waals surface area (Å²) in [6.07, 6.45) is 2.61. The van der Waals surface area contributed by atoms with Gasteiger partial charge in [0.15, 0.2) is 0 Å². The van der Waals surface area contributed by atoms with Gasteiger partial charge in [-0.1, -0.05) is 6.07 Å². The average molecular weight is 293 g/mol. The van der Waals surface area contributed by atoms with E-state index < -0.39 is 5.97 Å². The van der Waals surface area contributed by atoms with E-state index in [0.717, 1.165) is 31.2 Å². The fourth-order valence-corrected chi connectivity index (χ4v) is 2.17. The summed E-state index contributed by atoms with van der Waals surface area (Å²) >= 11 is 0. The molecule has 116 valence electrons. The van der Waals surface area contributed by atoms with Crippen LogP contribution in [0.25, 0.3) is 0 Å². The first-order valence-electron chi connectivity index (χ1n) is 7.26. The number of rotatable bonds is 9. The normalized spacial score (nSPS) is 14.4. The minimum absolute atomic E-state index is 0.202. The summed E-state index contributed by atoms with van der Waals surface area (Å²) in [4.78, 5) is 13.3. The molecular formula is C16H23NO4. The molecule has 1 aromatic carbocycles. The third-order valence-corrected chi connectivity index (χ3v) is 3.61. The molecule has 1 fully saturated rings. The molecule has 0 bridgehead atoms. The van der Waals surface area contributed by atoms with E-state index in [1.165, 1.54) is 20.0 Å². The first-order chi connectivity index (χ1) is 10.1. The van der Waals surface area contributed by atoms with Crippen LogP contribution in [0, 0.1) is 5.92 Å². The molecule has 21 heavy (non-hydrogen) atoms. The first-order valence-corrected chi connectivity index (χ1v) is 7.26. The molecule has 0 saturated heterocycles. The van der Waals surface area contributed by atoms with E-state index >= 15 is 0 Å². The maximum absolute atomic E-state index is 11.2. The summed E-state index contributed by atoms with van der Waals surface area (Å²) in [6, 6.07) is 5.27. The van der Waals surface area contributed by atoms with Gasteiger partial charge in [0.25, 0.3) is 0 Å². The smallest absolute Gasteiger partial charge is 0.339 e. The van der Waals surface area contributed by atoms with Gasteiger partial charge in [0.2, 0.25) is 0 Å². The van der Waals surface area contributed by atoms with Crippen LogP contribution in [0.2, 0.25) is 0 Å².